The number of halogens is 2. The minimum absolute atomic E-state index is 0.143. The summed E-state index contributed by atoms with van der Waals surface area (Å²) in [5.41, 5.74) is 0.422. The Morgan fingerprint density at radius 1 is 1.03 bits per heavy atom. The molecule has 0 amide bonds. The molecule has 0 aliphatic rings. The minimum atomic E-state index is -0.775. The van der Waals surface area contributed by atoms with E-state index in [1.165, 1.54) is 22.9 Å². The normalized spacial score (nSPS) is 13.6. The Labute approximate surface area is 207 Å². The fraction of sp³-hybridized carbons (Fsp3) is 0.385. The first-order valence-corrected chi connectivity index (χ1v) is 11.8. The predicted octanol–water partition coefficient (Wildman–Crippen LogP) is 4.70. The molecule has 0 radical (unpaired) electrons. The van der Waals surface area contributed by atoms with Crippen molar-refractivity contribution in [3.8, 4) is 17.2 Å². The highest BCUT2D eigenvalue weighted by Gasteiger charge is 2.45. The van der Waals surface area contributed by atoms with Crippen molar-refractivity contribution in [3.05, 3.63) is 81.4 Å². The third-order valence-electron chi connectivity index (χ3n) is 6.73. The maximum Gasteiger partial charge on any atom is 0.361 e. The minimum Gasteiger partial charge on any atom is -0.244 e. The second kappa shape index (κ2) is 9.33. The van der Waals surface area contributed by atoms with E-state index in [1.54, 1.807) is 25.3 Å². The zero-order valence-corrected chi connectivity index (χ0v) is 21.2. The molecule has 1 atom stereocenters. The zero-order valence-electron chi connectivity index (χ0n) is 21.2. The quantitative estimate of drug-likeness (QED) is 0.418. The van der Waals surface area contributed by atoms with E-state index in [2.05, 4.69) is 46.0 Å². The first kappa shape index (κ1) is 25.3. The summed E-state index contributed by atoms with van der Waals surface area (Å²) in [5, 5.41) is 11.5. The second-order valence-corrected chi connectivity index (χ2v) is 9.98. The molecule has 1 N–H and O–H groups in total. The molecule has 10 heteroatoms. The van der Waals surface area contributed by atoms with E-state index in [-0.39, 0.29) is 17.2 Å². The molecule has 0 aliphatic carbocycles. The summed E-state index contributed by atoms with van der Waals surface area (Å²) in [6.45, 7) is 11.9. The standard InChI is InChI=1S/C26H29F2N7O/c1-7-9-16-14-19(21-17(27)10-8-11-18(21)28)32-33-22(16)26(6,25(3,4)5)20-12-13-29-23(31-20)35-15(2)30-24(36)34-35/h8,10-14H,7,9H2,1-6H3,(H,34,36)/t26-/m0/s1. The SMILES string of the molecule is CCCc1cc(-c2c(F)cccc2F)nnc1[C@](C)(c1ccnc(-n2[nH]c(=O)nc2C)n1)C(C)(C)C. The van der Waals surface area contributed by atoms with Crippen molar-refractivity contribution in [1.29, 1.82) is 0 Å². The number of hydrogen-bond acceptors (Lipinski definition) is 6. The first-order chi connectivity index (χ1) is 17.0. The van der Waals surface area contributed by atoms with Crippen molar-refractivity contribution in [2.75, 3.05) is 0 Å². The Bertz CT molecular complexity index is 1450. The fourth-order valence-corrected chi connectivity index (χ4v) is 4.36. The number of hydrogen-bond donors (Lipinski definition) is 1. The third kappa shape index (κ3) is 4.31. The van der Waals surface area contributed by atoms with Crippen LogP contribution in [0.4, 0.5) is 8.78 Å². The van der Waals surface area contributed by atoms with E-state index in [0.29, 0.717) is 23.6 Å². The number of nitrogens with one attached hydrogen (secondary N) is 1. The molecule has 4 aromatic rings. The molecule has 36 heavy (non-hydrogen) atoms. The van der Waals surface area contributed by atoms with Crippen LogP contribution in [-0.4, -0.2) is 34.9 Å². The summed E-state index contributed by atoms with van der Waals surface area (Å²) in [6.07, 6.45) is 3.05. The first-order valence-electron chi connectivity index (χ1n) is 11.8. The Kier molecular flexibility index (Phi) is 6.55. The van der Waals surface area contributed by atoms with Crippen molar-refractivity contribution in [1.82, 2.24) is 34.9 Å². The van der Waals surface area contributed by atoms with Crippen molar-refractivity contribution in [2.24, 2.45) is 5.41 Å². The molecule has 4 rings (SSSR count). The Hall–Kier alpha value is -3.82. The number of aromatic amines is 1. The molecule has 1 aromatic carbocycles. The molecule has 8 nitrogen and oxygen atoms in total. The molecule has 0 bridgehead atoms. The van der Waals surface area contributed by atoms with E-state index in [4.69, 9.17) is 4.98 Å². The molecule has 0 fully saturated rings. The number of H-pyrrole nitrogens is 1. The van der Waals surface area contributed by atoms with Gasteiger partial charge in [-0.1, -0.05) is 40.2 Å². The lowest BCUT2D eigenvalue weighted by molar-refractivity contribution is 0.234. The van der Waals surface area contributed by atoms with Gasteiger partial charge in [0.1, 0.15) is 17.5 Å². The van der Waals surface area contributed by atoms with Crippen molar-refractivity contribution < 1.29 is 8.78 Å². The number of benzene rings is 1. The zero-order chi connectivity index (χ0) is 26.3. The van der Waals surface area contributed by atoms with Crippen molar-refractivity contribution in [3.63, 3.8) is 0 Å². The van der Waals surface area contributed by atoms with Crippen LogP contribution in [0.25, 0.3) is 17.2 Å². The van der Waals surface area contributed by atoms with Gasteiger partial charge in [0.2, 0.25) is 0 Å². The van der Waals surface area contributed by atoms with Crippen LogP contribution in [0.15, 0.2) is 41.3 Å². The van der Waals surface area contributed by atoms with Gasteiger partial charge in [0.05, 0.1) is 28.1 Å². The van der Waals surface area contributed by atoms with Gasteiger partial charge in [0, 0.05) is 6.20 Å². The van der Waals surface area contributed by atoms with Crippen molar-refractivity contribution in [2.45, 2.75) is 59.8 Å². The molecule has 0 saturated carbocycles. The van der Waals surface area contributed by atoms with Gasteiger partial charge in [-0.25, -0.2) is 33.3 Å². The average molecular weight is 494 g/mol. The Morgan fingerprint density at radius 2 is 1.72 bits per heavy atom. The topological polar surface area (TPSA) is 102 Å². The summed E-state index contributed by atoms with van der Waals surface area (Å²) >= 11 is 0. The molecule has 0 aliphatic heterocycles. The van der Waals surface area contributed by atoms with Crippen LogP contribution < -0.4 is 5.69 Å². The molecule has 188 valence electrons. The summed E-state index contributed by atoms with van der Waals surface area (Å²) in [6, 6.07) is 7.26. The van der Waals surface area contributed by atoms with Gasteiger partial charge in [-0.15, -0.1) is 5.10 Å². The Morgan fingerprint density at radius 3 is 2.31 bits per heavy atom. The summed E-state index contributed by atoms with van der Waals surface area (Å²) in [5.74, 6) is -0.686. The lowest BCUT2D eigenvalue weighted by Gasteiger charge is -2.41. The van der Waals surface area contributed by atoms with Gasteiger partial charge in [-0.2, -0.15) is 10.1 Å². The molecular weight excluding hydrogens is 464 g/mol. The monoisotopic (exact) mass is 493 g/mol. The van der Waals surface area contributed by atoms with Crippen LogP contribution in [0.2, 0.25) is 0 Å². The van der Waals surface area contributed by atoms with Gasteiger partial charge < -0.3 is 0 Å². The lowest BCUT2D eigenvalue weighted by atomic mass is 9.62. The van der Waals surface area contributed by atoms with Gasteiger partial charge in [0.25, 0.3) is 5.95 Å². The Balaban J connectivity index is 1.94. The molecule has 0 saturated heterocycles. The smallest absolute Gasteiger partial charge is 0.244 e. The van der Waals surface area contributed by atoms with Crippen LogP contribution >= 0.6 is 0 Å². The van der Waals surface area contributed by atoms with Crippen LogP contribution in [0.1, 0.15) is 63.8 Å². The average Bonchev–Trinajstić information content (AvgIpc) is 3.16. The summed E-state index contributed by atoms with van der Waals surface area (Å²) in [4.78, 5) is 24.7. The molecule has 0 spiro atoms. The number of aryl methyl sites for hydroxylation is 2. The van der Waals surface area contributed by atoms with Crippen LogP contribution in [-0.2, 0) is 11.8 Å². The maximum atomic E-state index is 14.5. The van der Waals surface area contributed by atoms with E-state index in [1.807, 2.05) is 13.8 Å². The lowest BCUT2D eigenvalue weighted by Crippen LogP contribution is -2.41. The molecule has 0 unspecified atom stereocenters. The summed E-state index contributed by atoms with van der Waals surface area (Å²) in [7, 11) is 0. The van der Waals surface area contributed by atoms with E-state index in [9.17, 15) is 13.6 Å². The van der Waals surface area contributed by atoms with Crippen LogP contribution in [0, 0.1) is 24.0 Å². The second-order valence-electron chi connectivity index (χ2n) is 9.98. The van der Waals surface area contributed by atoms with Crippen LogP contribution in [0.5, 0.6) is 0 Å². The predicted molar refractivity (Wildman–Crippen MR) is 132 cm³/mol. The number of nitrogens with zero attached hydrogens (tertiary/aromatic N) is 6. The van der Waals surface area contributed by atoms with E-state index >= 15 is 0 Å². The van der Waals surface area contributed by atoms with Gasteiger partial charge in [-0.05, 0) is 55.5 Å². The fourth-order valence-electron chi connectivity index (χ4n) is 4.36. The number of rotatable bonds is 6. The van der Waals surface area contributed by atoms with Gasteiger partial charge in [-0.3, -0.25) is 0 Å². The van der Waals surface area contributed by atoms with Gasteiger partial charge >= 0.3 is 5.69 Å². The maximum absolute atomic E-state index is 14.5. The third-order valence-corrected chi connectivity index (χ3v) is 6.73. The molecular formula is C26H29F2N7O. The highest BCUT2D eigenvalue weighted by molar-refractivity contribution is 5.61. The van der Waals surface area contributed by atoms with E-state index in [0.717, 1.165) is 12.0 Å². The van der Waals surface area contributed by atoms with Crippen molar-refractivity contribution >= 4 is 0 Å². The summed E-state index contributed by atoms with van der Waals surface area (Å²) < 4.78 is 30.5. The van der Waals surface area contributed by atoms with Gasteiger partial charge in [0.15, 0.2) is 0 Å². The highest BCUT2D eigenvalue weighted by Crippen LogP contribution is 2.46. The van der Waals surface area contributed by atoms with E-state index < -0.39 is 28.2 Å². The largest absolute Gasteiger partial charge is 0.361 e. The van der Waals surface area contributed by atoms with Crippen LogP contribution in [0.3, 0.4) is 0 Å². The highest BCUT2D eigenvalue weighted by atomic mass is 19.1. The number of aromatic nitrogens is 7. The molecule has 3 heterocycles. The molecule has 3 aromatic heterocycles.